The van der Waals surface area contributed by atoms with Crippen LogP contribution in [0.3, 0.4) is 0 Å². The van der Waals surface area contributed by atoms with Gasteiger partial charge in [-0.2, -0.15) is 0 Å². The highest BCUT2D eigenvalue weighted by molar-refractivity contribution is 7.18. The molecule has 2 saturated heterocycles. The molecule has 0 spiro atoms. The molecule has 2 aliphatic rings. The molecule has 40 heavy (non-hydrogen) atoms. The summed E-state index contributed by atoms with van der Waals surface area (Å²) in [5.41, 5.74) is -0.648. The Balaban J connectivity index is 1.54. The van der Waals surface area contributed by atoms with Crippen molar-refractivity contribution in [3.63, 3.8) is 0 Å². The number of likely N-dealkylation sites (N-methyl/N-ethyl adjacent to an activating group) is 1. The molecule has 0 radical (unpaired) electrons. The van der Waals surface area contributed by atoms with Crippen molar-refractivity contribution in [2.75, 3.05) is 68.1 Å². The first kappa shape index (κ1) is 28.1. The number of pyridine rings is 1. The van der Waals surface area contributed by atoms with E-state index in [-0.39, 0.29) is 22.9 Å². The molecule has 1 unspecified atom stereocenters. The number of nitrogens with one attached hydrogen (secondary N) is 1. The zero-order valence-corrected chi connectivity index (χ0v) is 23.3. The Labute approximate surface area is 233 Å². The number of morpholine rings is 1. The molecule has 3 aromatic rings. The van der Waals surface area contributed by atoms with Crippen molar-refractivity contribution < 1.29 is 22.7 Å². The summed E-state index contributed by atoms with van der Waals surface area (Å²) in [7, 11) is 3.40. The number of ether oxygens (including phenoxy) is 1. The number of carbonyl (C=O) groups is 1. The van der Waals surface area contributed by atoms with Crippen LogP contribution in [0.25, 0.3) is 10.4 Å². The standard InChI is InChI=1S/C27H31F3N6O3S/c1-16-14-36(5-4-33(16)2)22-12-20(28)18(23-13-31-27(40-23)35-6-8-39-9-7-35)10-21(22)32-26(38)19-15-34(3)24(37)11-17(19)25(29)30/h10-13,15-16,25H,4-9,14H2,1-3H3,(H,32,38). The third-order valence-corrected chi connectivity index (χ3v) is 8.51. The first-order valence-electron chi connectivity index (χ1n) is 13.0. The number of aromatic nitrogens is 2. The molecule has 2 aliphatic heterocycles. The van der Waals surface area contributed by atoms with Gasteiger partial charge in [0.25, 0.3) is 17.9 Å². The highest BCUT2D eigenvalue weighted by Gasteiger charge is 2.27. The minimum absolute atomic E-state index is 0.173. The van der Waals surface area contributed by atoms with Crippen LogP contribution in [0.5, 0.6) is 0 Å². The number of rotatable bonds is 6. The maximum Gasteiger partial charge on any atom is 0.264 e. The third-order valence-electron chi connectivity index (χ3n) is 7.41. The molecule has 1 atom stereocenters. The topological polar surface area (TPSA) is 82.9 Å². The molecule has 0 aliphatic carbocycles. The van der Waals surface area contributed by atoms with E-state index in [4.69, 9.17) is 4.74 Å². The van der Waals surface area contributed by atoms with E-state index in [2.05, 4.69) is 27.0 Å². The fourth-order valence-electron chi connectivity index (χ4n) is 4.88. The van der Waals surface area contributed by atoms with E-state index in [9.17, 15) is 18.4 Å². The summed E-state index contributed by atoms with van der Waals surface area (Å²) in [5, 5.41) is 3.49. The Bertz CT molecular complexity index is 1460. The predicted octanol–water partition coefficient (Wildman–Crippen LogP) is 3.81. The molecule has 4 heterocycles. The number of alkyl halides is 2. The summed E-state index contributed by atoms with van der Waals surface area (Å²) in [6.07, 6.45) is -0.329. The number of amides is 1. The second-order valence-electron chi connectivity index (χ2n) is 10.1. The van der Waals surface area contributed by atoms with E-state index in [1.807, 2.05) is 11.9 Å². The summed E-state index contributed by atoms with van der Waals surface area (Å²) in [4.78, 5) is 36.7. The average Bonchev–Trinajstić information content (AvgIpc) is 3.43. The van der Waals surface area contributed by atoms with E-state index in [0.717, 1.165) is 28.5 Å². The Morgan fingerprint density at radius 1 is 1.12 bits per heavy atom. The lowest BCUT2D eigenvalue weighted by molar-refractivity contribution is 0.101. The summed E-state index contributed by atoms with van der Waals surface area (Å²) in [6, 6.07) is 3.85. The molecular weight excluding hydrogens is 545 g/mol. The quantitative estimate of drug-likeness (QED) is 0.478. The van der Waals surface area contributed by atoms with Gasteiger partial charge in [-0.3, -0.25) is 9.59 Å². The molecule has 1 aromatic carbocycles. The van der Waals surface area contributed by atoms with Gasteiger partial charge in [-0.05, 0) is 26.1 Å². The van der Waals surface area contributed by atoms with Crippen molar-refractivity contribution in [3.05, 3.63) is 57.9 Å². The van der Waals surface area contributed by atoms with Crippen molar-refractivity contribution in [2.24, 2.45) is 7.05 Å². The number of hydrogen-bond acceptors (Lipinski definition) is 8. The lowest BCUT2D eigenvalue weighted by atomic mass is 10.1. The van der Waals surface area contributed by atoms with Crippen molar-refractivity contribution in [3.8, 4) is 10.4 Å². The van der Waals surface area contributed by atoms with Gasteiger partial charge in [-0.25, -0.2) is 18.2 Å². The highest BCUT2D eigenvalue weighted by Crippen LogP contribution is 2.39. The molecule has 214 valence electrons. The number of anilines is 3. The average molecular weight is 577 g/mol. The first-order valence-corrected chi connectivity index (χ1v) is 13.8. The maximum absolute atomic E-state index is 15.7. The minimum Gasteiger partial charge on any atom is -0.378 e. The van der Waals surface area contributed by atoms with Crippen LogP contribution >= 0.6 is 11.3 Å². The van der Waals surface area contributed by atoms with Crippen LogP contribution in [0.4, 0.5) is 29.7 Å². The van der Waals surface area contributed by atoms with Crippen molar-refractivity contribution in [1.82, 2.24) is 14.5 Å². The van der Waals surface area contributed by atoms with Crippen molar-refractivity contribution in [1.29, 1.82) is 0 Å². The van der Waals surface area contributed by atoms with Crippen LogP contribution in [-0.2, 0) is 11.8 Å². The summed E-state index contributed by atoms with van der Waals surface area (Å²) >= 11 is 1.33. The van der Waals surface area contributed by atoms with E-state index < -0.39 is 29.3 Å². The molecule has 13 heteroatoms. The molecule has 1 amide bonds. The molecule has 0 saturated carbocycles. The molecule has 2 fully saturated rings. The smallest absolute Gasteiger partial charge is 0.264 e. The fourth-order valence-corrected chi connectivity index (χ4v) is 5.86. The zero-order chi connectivity index (χ0) is 28.6. The Hall–Kier alpha value is -3.42. The predicted molar refractivity (Wildman–Crippen MR) is 149 cm³/mol. The molecule has 9 nitrogen and oxygen atoms in total. The summed E-state index contributed by atoms with van der Waals surface area (Å²) < 4.78 is 49.7. The third kappa shape index (κ3) is 5.72. The second-order valence-corrected chi connectivity index (χ2v) is 11.1. The lowest BCUT2D eigenvalue weighted by Gasteiger charge is -2.39. The molecule has 2 aromatic heterocycles. The molecule has 1 N–H and O–H groups in total. The van der Waals surface area contributed by atoms with Gasteiger partial charge >= 0.3 is 0 Å². The number of piperazine rings is 1. The van der Waals surface area contributed by atoms with Crippen molar-refractivity contribution >= 4 is 33.8 Å². The van der Waals surface area contributed by atoms with Gasteiger partial charge in [0, 0.05) is 75.4 Å². The summed E-state index contributed by atoms with van der Waals surface area (Å²) in [6.45, 7) is 6.50. The normalized spacial score (nSPS) is 18.4. The lowest BCUT2D eigenvalue weighted by Crippen LogP contribution is -2.50. The van der Waals surface area contributed by atoms with Gasteiger partial charge in [0.1, 0.15) is 5.82 Å². The molecule has 5 rings (SSSR count). The van der Waals surface area contributed by atoms with Gasteiger partial charge in [-0.15, -0.1) is 0 Å². The van der Waals surface area contributed by atoms with Crippen LogP contribution < -0.4 is 20.7 Å². The van der Waals surface area contributed by atoms with E-state index in [1.165, 1.54) is 30.5 Å². The van der Waals surface area contributed by atoms with Gasteiger partial charge in [0.15, 0.2) is 5.13 Å². The van der Waals surface area contributed by atoms with Crippen LogP contribution in [0, 0.1) is 5.82 Å². The summed E-state index contributed by atoms with van der Waals surface area (Å²) in [5.74, 6) is -1.29. The van der Waals surface area contributed by atoms with Gasteiger partial charge in [0.2, 0.25) is 0 Å². The number of halogens is 3. The van der Waals surface area contributed by atoms with E-state index >= 15 is 4.39 Å². The number of nitrogens with zero attached hydrogens (tertiary/aromatic N) is 5. The van der Waals surface area contributed by atoms with Gasteiger partial charge in [-0.1, -0.05) is 11.3 Å². The van der Waals surface area contributed by atoms with Crippen LogP contribution in [0.15, 0.2) is 35.4 Å². The number of aryl methyl sites for hydroxylation is 1. The van der Waals surface area contributed by atoms with Crippen molar-refractivity contribution in [2.45, 2.75) is 19.4 Å². The zero-order valence-electron chi connectivity index (χ0n) is 22.5. The van der Waals surface area contributed by atoms with E-state index in [1.54, 1.807) is 6.20 Å². The molecule has 0 bridgehead atoms. The van der Waals surface area contributed by atoms with E-state index in [0.29, 0.717) is 50.0 Å². The second kappa shape index (κ2) is 11.6. The number of thiazole rings is 1. The number of carbonyl (C=O) groups excluding carboxylic acids is 1. The minimum atomic E-state index is -3.02. The van der Waals surface area contributed by atoms with Crippen LogP contribution in [0.1, 0.15) is 29.3 Å². The fraction of sp³-hybridized carbons (Fsp3) is 0.444. The monoisotopic (exact) mass is 576 g/mol. The van der Waals surface area contributed by atoms with Gasteiger partial charge < -0.3 is 29.3 Å². The first-order chi connectivity index (χ1) is 19.1. The number of hydrogen-bond donors (Lipinski definition) is 1. The maximum atomic E-state index is 15.7. The Kier molecular flexibility index (Phi) is 8.15. The van der Waals surface area contributed by atoms with Gasteiger partial charge in [0.05, 0.1) is 35.0 Å². The number of benzene rings is 1. The van der Waals surface area contributed by atoms with Crippen LogP contribution in [-0.4, -0.2) is 79.4 Å². The largest absolute Gasteiger partial charge is 0.378 e. The highest BCUT2D eigenvalue weighted by atomic mass is 32.1. The molecular formula is C27H31F3N6O3S. The Morgan fingerprint density at radius 3 is 2.58 bits per heavy atom. The van der Waals surface area contributed by atoms with Crippen LogP contribution in [0.2, 0.25) is 0 Å². The Morgan fingerprint density at radius 2 is 1.88 bits per heavy atom. The SMILES string of the molecule is CC1CN(c2cc(F)c(-c3cnc(N4CCOCC4)s3)cc2NC(=O)c2cn(C)c(=O)cc2C(F)F)CCN1C.